The lowest BCUT2D eigenvalue weighted by atomic mass is 10.2. The van der Waals surface area contributed by atoms with E-state index in [0.29, 0.717) is 36.5 Å². The highest BCUT2D eigenvalue weighted by atomic mass is 32.2. The smallest absolute Gasteiger partial charge is 0.338 e. The second-order valence-corrected chi connectivity index (χ2v) is 8.99. The topological polar surface area (TPSA) is 102 Å². The minimum Gasteiger partial charge on any atom is -0.462 e. The Balaban J connectivity index is 1.46. The van der Waals surface area contributed by atoms with Crippen LogP contribution >= 0.6 is 11.8 Å². The molecule has 2 saturated heterocycles. The second-order valence-electron chi connectivity index (χ2n) is 7.49. The molecule has 0 spiro atoms. The molecule has 162 valence electrons. The molecule has 0 aliphatic carbocycles. The molecule has 2 amide bonds. The van der Waals surface area contributed by atoms with Crippen molar-refractivity contribution in [2.75, 3.05) is 24.3 Å². The zero-order chi connectivity index (χ0) is 21.7. The number of unbranched alkanes of at least 4 members (excludes halogenated alkanes) is 1. The molecular formula is C21H26N2O6S. The predicted octanol–water partition coefficient (Wildman–Crippen LogP) is 2.58. The van der Waals surface area contributed by atoms with Gasteiger partial charge in [-0.25, -0.2) is 9.59 Å². The van der Waals surface area contributed by atoms with Gasteiger partial charge in [-0.3, -0.25) is 9.59 Å². The fourth-order valence-corrected chi connectivity index (χ4v) is 4.92. The van der Waals surface area contributed by atoms with Crippen LogP contribution in [0.25, 0.3) is 0 Å². The van der Waals surface area contributed by atoms with E-state index in [4.69, 9.17) is 9.47 Å². The summed E-state index contributed by atoms with van der Waals surface area (Å²) in [7, 11) is 0. The Morgan fingerprint density at radius 1 is 1.23 bits per heavy atom. The van der Waals surface area contributed by atoms with Crippen LogP contribution in [0.2, 0.25) is 0 Å². The van der Waals surface area contributed by atoms with Gasteiger partial charge in [0.1, 0.15) is 6.04 Å². The monoisotopic (exact) mass is 434 g/mol. The Morgan fingerprint density at radius 2 is 1.97 bits per heavy atom. The first-order valence-corrected chi connectivity index (χ1v) is 11.0. The van der Waals surface area contributed by atoms with Gasteiger partial charge in [0.15, 0.2) is 6.61 Å². The van der Waals surface area contributed by atoms with Gasteiger partial charge in [-0.15, -0.1) is 11.8 Å². The number of esters is 2. The van der Waals surface area contributed by atoms with Crippen LogP contribution in [-0.4, -0.2) is 58.5 Å². The molecule has 2 heterocycles. The molecule has 30 heavy (non-hydrogen) atoms. The first-order valence-electron chi connectivity index (χ1n) is 10.0. The summed E-state index contributed by atoms with van der Waals surface area (Å²) < 4.78 is 10.3. The maximum atomic E-state index is 12.4. The van der Waals surface area contributed by atoms with E-state index < -0.39 is 30.5 Å². The largest absolute Gasteiger partial charge is 0.462 e. The number of hydrogen-bond donors (Lipinski definition) is 1. The third kappa shape index (κ3) is 4.95. The number of benzene rings is 1. The van der Waals surface area contributed by atoms with Crippen LogP contribution in [0, 0.1) is 0 Å². The lowest BCUT2D eigenvalue weighted by Gasteiger charge is -2.29. The Labute approximate surface area is 179 Å². The van der Waals surface area contributed by atoms with Crippen LogP contribution in [0.1, 0.15) is 49.9 Å². The minimum atomic E-state index is -0.652. The number of amides is 2. The lowest BCUT2D eigenvalue weighted by molar-refractivity contribution is -0.155. The van der Waals surface area contributed by atoms with Crippen LogP contribution in [0.5, 0.6) is 0 Å². The van der Waals surface area contributed by atoms with Crippen molar-refractivity contribution < 1.29 is 28.7 Å². The van der Waals surface area contributed by atoms with Gasteiger partial charge in [0.2, 0.25) is 5.91 Å². The molecular weight excluding hydrogens is 408 g/mol. The van der Waals surface area contributed by atoms with Gasteiger partial charge < -0.3 is 19.7 Å². The average Bonchev–Trinajstić information content (AvgIpc) is 3.22. The summed E-state index contributed by atoms with van der Waals surface area (Å²) in [5.74, 6) is -1.06. The normalized spacial score (nSPS) is 22.5. The highest BCUT2D eigenvalue weighted by molar-refractivity contribution is 8.01. The second kappa shape index (κ2) is 9.51. The van der Waals surface area contributed by atoms with Crippen LogP contribution in [-0.2, 0) is 23.9 Å². The molecule has 1 aromatic carbocycles. The molecule has 1 N–H and O–H groups in total. The number of hydrogen-bond acceptors (Lipinski definition) is 7. The average molecular weight is 435 g/mol. The van der Waals surface area contributed by atoms with E-state index in [2.05, 4.69) is 5.32 Å². The molecule has 0 radical (unpaired) electrons. The van der Waals surface area contributed by atoms with Gasteiger partial charge in [-0.05, 0) is 44.0 Å². The Morgan fingerprint density at radius 3 is 2.67 bits per heavy atom. The molecule has 0 unspecified atom stereocenters. The molecule has 9 heteroatoms. The highest BCUT2D eigenvalue weighted by Gasteiger charge is 2.53. The zero-order valence-electron chi connectivity index (χ0n) is 17.1. The SMILES string of the molecule is CCCCOC(=O)c1ccc(NC(=O)COC(=O)[C@H]2CS[C@]3(C)CCC(=O)N23)cc1. The van der Waals surface area contributed by atoms with Gasteiger partial charge in [0.25, 0.3) is 5.91 Å². The van der Waals surface area contributed by atoms with E-state index in [1.165, 1.54) is 0 Å². The van der Waals surface area contributed by atoms with E-state index in [0.717, 1.165) is 12.8 Å². The van der Waals surface area contributed by atoms with Gasteiger partial charge in [-0.1, -0.05) is 13.3 Å². The van der Waals surface area contributed by atoms with Crippen molar-refractivity contribution in [3.8, 4) is 0 Å². The number of carbonyl (C=O) groups excluding carboxylic acids is 4. The Hall–Kier alpha value is -2.55. The first-order chi connectivity index (χ1) is 14.3. The summed E-state index contributed by atoms with van der Waals surface area (Å²) in [6.45, 7) is 3.89. The zero-order valence-corrected chi connectivity index (χ0v) is 18.0. The van der Waals surface area contributed by atoms with Crippen LogP contribution < -0.4 is 5.32 Å². The number of ether oxygens (including phenoxy) is 2. The summed E-state index contributed by atoms with van der Waals surface area (Å²) in [6.07, 6.45) is 2.89. The van der Waals surface area contributed by atoms with Crippen molar-refractivity contribution in [1.29, 1.82) is 0 Å². The Bertz CT molecular complexity index is 827. The van der Waals surface area contributed by atoms with E-state index in [-0.39, 0.29) is 10.8 Å². The van der Waals surface area contributed by atoms with Gasteiger partial charge >= 0.3 is 11.9 Å². The van der Waals surface area contributed by atoms with E-state index in [9.17, 15) is 19.2 Å². The molecule has 2 atom stereocenters. The quantitative estimate of drug-likeness (QED) is 0.496. The number of thioether (sulfide) groups is 1. The predicted molar refractivity (Wildman–Crippen MR) is 112 cm³/mol. The molecule has 2 fully saturated rings. The first kappa shape index (κ1) is 22.1. The van der Waals surface area contributed by atoms with Gasteiger partial charge in [0, 0.05) is 17.9 Å². The molecule has 0 bridgehead atoms. The van der Waals surface area contributed by atoms with Crippen molar-refractivity contribution in [3.63, 3.8) is 0 Å². The molecule has 1 aromatic rings. The number of nitrogens with one attached hydrogen (secondary N) is 1. The van der Waals surface area contributed by atoms with Crippen molar-refractivity contribution in [3.05, 3.63) is 29.8 Å². The highest BCUT2D eigenvalue weighted by Crippen LogP contribution is 2.47. The third-order valence-electron chi connectivity index (χ3n) is 5.20. The molecule has 3 rings (SSSR count). The van der Waals surface area contributed by atoms with Gasteiger partial charge in [0.05, 0.1) is 17.0 Å². The van der Waals surface area contributed by atoms with E-state index in [1.807, 2.05) is 13.8 Å². The number of nitrogens with zero attached hydrogens (tertiary/aromatic N) is 1. The van der Waals surface area contributed by atoms with E-state index in [1.54, 1.807) is 40.9 Å². The molecule has 0 saturated carbocycles. The summed E-state index contributed by atoms with van der Waals surface area (Å²) in [5.41, 5.74) is 0.868. The third-order valence-corrected chi connectivity index (χ3v) is 6.70. The van der Waals surface area contributed by atoms with Crippen molar-refractivity contribution in [2.24, 2.45) is 0 Å². The summed E-state index contributed by atoms with van der Waals surface area (Å²) in [5, 5.41) is 2.61. The maximum Gasteiger partial charge on any atom is 0.338 e. The summed E-state index contributed by atoms with van der Waals surface area (Å²) >= 11 is 1.57. The fraction of sp³-hybridized carbons (Fsp3) is 0.524. The lowest BCUT2D eigenvalue weighted by Crippen LogP contribution is -2.47. The number of carbonyl (C=O) groups is 4. The molecule has 8 nitrogen and oxygen atoms in total. The van der Waals surface area contributed by atoms with Crippen molar-refractivity contribution >= 4 is 41.2 Å². The number of anilines is 1. The molecule has 0 aromatic heterocycles. The Kier molecular flexibility index (Phi) is 7.02. The standard InChI is InChI=1S/C21H26N2O6S/c1-3-4-11-28-19(26)14-5-7-15(8-6-14)22-17(24)12-29-20(27)16-13-30-21(2)10-9-18(25)23(16)21/h5-8,16H,3-4,9-13H2,1-2H3,(H,22,24)/t16-,21-/m1/s1. The molecule has 2 aliphatic rings. The molecule has 2 aliphatic heterocycles. The van der Waals surface area contributed by atoms with E-state index >= 15 is 0 Å². The summed E-state index contributed by atoms with van der Waals surface area (Å²) in [6, 6.07) is 5.63. The van der Waals surface area contributed by atoms with Crippen LogP contribution in [0.3, 0.4) is 0 Å². The minimum absolute atomic E-state index is 0.0535. The van der Waals surface area contributed by atoms with Crippen LogP contribution in [0.4, 0.5) is 5.69 Å². The maximum absolute atomic E-state index is 12.4. The number of rotatable bonds is 8. The fourth-order valence-electron chi connectivity index (χ4n) is 3.51. The van der Waals surface area contributed by atoms with Crippen molar-refractivity contribution in [2.45, 2.75) is 50.4 Å². The van der Waals surface area contributed by atoms with Crippen molar-refractivity contribution in [1.82, 2.24) is 4.90 Å². The summed E-state index contributed by atoms with van der Waals surface area (Å²) in [4.78, 5) is 49.7. The number of fused-ring (bicyclic) bond motifs is 1. The van der Waals surface area contributed by atoms with Crippen LogP contribution in [0.15, 0.2) is 24.3 Å². The van der Waals surface area contributed by atoms with Gasteiger partial charge in [-0.2, -0.15) is 0 Å².